The molecule has 2 heterocycles. The standard InChI is InChI=1S/C12H13BrN2O2S/c1-12(2,3)9-5-10(15-17-9)14-11(16)8-4-7(13)6-18-8/h4-6H,1-3H3,(H,14,15,16). The highest BCUT2D eigenvalue weighted by Gasteiger charge is 2.20. The topological polar surface area (TPSA) is 55.1 Å². The van der Waals surface area contributed by atoms with Crippen LogP contribution in [-0.2, 0) is 5.41 Å². The van der Waals surface area contributed by atoms with Crippen molar-refractivity contribution in [1.29, 1.82) is 0 Å². The normalized spacial score (nSPS) is 11.6. The molecule has 0 aliphatic carbocycles. The first-order chi connectivity index (χ1) is 8.36. The number of aromatic nitrogens is 1. The molecule has 0 bridgehead atoms. The van der Waals surface area contributed by atoms with Gasteiger partial charge in [-0.2, -0.15) is 0 Å². The Morgan fingerprint density at radius 3 is 2.67 bits per heavy atom. The smallest absolute Gasteiger partial charge is 0.267 e. The van der Waals surface area contributed by atoms with Gasteiger partial charge in [-0.25, -0.2) is 0 Å². The minimum absolute atomic E-state index is 0.123. The lowest BCUT2D eigenvalue weighted by Gasteiger charge is -2.11. The third-order valence-electron chi connectivity index (χ3n) is 2.28. The maximum absolute atomic E-state index is 11.9. The highest BCUT2D eigenvalue weighted by atomic mass is 79.9. The van der Waals surface area contributed by atoms with Crippen LogP contribution < -0.4 is 5.32 Å². The molecule has 6 heteroatoms. The molecule has 4 nitrogen and oxygen atoms in total. The van der Waals surface area contributed by atoms with Gasteiger partial charge in [0.15, 0.2) is 5.82 Å². The summed E-state index contributed by atoms with van der Waals surface area (Å²) in [6, 6.07) is 3.52. The molecule has 2 rings (SSSR count). The molecule has 0 spiro atoms. The van der Waals surface area contributed by atoms with Gasteiger partial charge in [0.25, 0.3) is 5.91 Å². The Morgan fingerprint density at radius 2 is 2.17 bits per heavy atom. The molecular weight excluding hydrogens is 316 g/mol. The van der Waals surface area contributed by atoms with E-state index in [-0.39, 0.29) is 11.3 Å². The fraction of sp³-hybridized carbons (Fsp3) is 0.333. The molecule has 0 aromatic carbocycles. The van der Waals surface area contributed by atoms with Gasteiger partial charge in [0.1, 0.15) is 5.76 Å². The molecular formula is C12H13BrN2O2S. The van der Waals surface area contributed by atoms with Crippen LogP contribution in [0.1, 0.15) is 36.2 Å². The summed E-state index contributed by atoms with van der Waals surface area (Å²) in [6.07, 6.45) is 0. The average Bonchev–Trinajstić information content (AvgIpc) is 2.85. The number of anilines is 1. The number of rotatable bonds is 2. The van der Waals surface area contributed by atoms with Gasteiger partial charge in [-0.1, -0.05) is 25.9 Å². The zero-order valence-electron chi connectivity index (χ0n) is 10.3. The number of carbonyl (C=O) groups is 1. The molecule has 0 radical (unpaired) electrons. The summed E-state index contributed by atoms with van der Waals surface area (Å²) in [5.41, 5.74) is -0.123. The second kappa shape index (κ2) is 4.85. The van der Waals surface area contributed by atoms with E-state index < -0.39 is 0 Å². The molecule has 1 amide bonds. The average molecular weight is 329 g/mol. The van der Waals surface area contributed by atoms with Crippen molar-refractivity contribution < 1.29 is 9.32 Å². The zero-order valence-corrected chi connectivity index (χ0v) is 12.7. The number of nitrogens with zero attached hydrogens (tertiary/aromatic N) is 1. The lowest BCUT2D eigenvalue weighted by molar-refractivity contribution is 0.102. The largest absolute Gasteiger partial charge is 0.359 e. The Bertz CT molecular complexity index is 569. The molecule has 0 aliphatic rings. The van der Waals surface area contributed by atoms with Gasteiger partial charge >= 0.3 is 0 Å². The van der Waals surface area contributed by atoms with Crippen LogP contribution in [0.25, 0.3) is 0 Å². The number of hydrogen-bond donors (Lipinski definition) is 1. The van der Waals surface area contributed by atoms with Crippen molar-refractivity contribution in [3.05, 3.63) is 32.6 Å². The predicted octanol–water partition coefficient (Wildman–Crippen LogP) is 4.05. The van der Waals surface area contributed by atoms with Gasteiger partial charge in [0, 0.05) is 21.3 Å². The quantitative estimate of drug-likeness (QED) is 0.904. The molecule has 0 aliphatic heterocycles. The van der Waals surface area contributed by atoms with Crippen LogP contribution in [0, 0.1) is 0 Å². The van der Waals surface area contributed by atoms with Gasteiger partial charge in [0.2, 0.25) is 0 Å². The third-order valence-corrected chi connectivity index (χ3v) is 3.97. The fourth-order valence-corrected chi connectivity index (χ4v) is 2.62. The molecule has 0 fully saturated rings. The van der Waals surface area contributed by atoms with E-state index in [9.17, 15) is 4.79 Å². The zero-order chi connectivity index (χ0) is 13.3. The SMILES string of the molecule is CC(C)(C)c1cc(NC(=O)c2cc(Br)cs2)no1. The van der Waals surface area contributed by atoms with Crippen LogP contribution in [0.5, 0.6) is 0 Å². The number of halogens is 1. The first kappa shape index (κ1) is 13.3. The summed E-state index contributed by atoms with van der Waals surface area (Å²) in [4.78, 5) is 12.5. The third kappa shape index (κ3) is 3.00. The molecule has 2 aromatic rings. The summed E-state index contributed by atoms with van der Waals surface area (Å²) in [5, 5.41) is 8.41. The van der Waals surface area contributed by atoms with Crippen molar-refractivity contribution in [2.75, 3.05) is 5.32 Å². The van der Waals surface area contributed by atoms with E-state index in [1.54, 1.807) is 12.1 Å². The molecule has 2 aromatic heterocycles. The fourth-order valence-electron chi connectivity index (χ4n) is 1.30. The second-order valence-corrected chi connectivity index (χ2v) is 6.74. The summed E-state index contributed by atoms with van der Waals surface area (Å²) in [7, 11) is 0. The second-order valence-electron chi connectivity index (χ2n) is 4.91. The van der Waals surface area contributed by atoms with Gasteiger partial charge in [-0.3, -0.25) is 4.79 Å². The summed E-state index contributed by atoms with van der Waals surface area (Å²) < 4.78 is 6.10. The molecule has 1 N–H and O–H groups in total. The Morgan fingerprint density at radius 1 is 1.44 bits per heavy atom. The van der Waals surface area contributed by atoms with Crippen molar-refractivity contribution in [2.24, 2.45) is 0 Å². The lowest BCUT2D eigenvalue weighted by atomic mass is 9.93. The first-order valence-corrected chi connectivity index (χ1v) is 7.06. The monoisotopic (exact) mass is 328 g/mol. The number of hydrogen-bond acceptors (Lipinski definition) is 4. The van der Waals surface area contributed by atoms with E-state index in [0.717, 1.165) is 10.2 Å². The summed E-state index contributed by atoms with van der Waals surface area (Å²) in [5.74, 6) is 0.999. The Kier molecular flexibility index (Phi) is 3.59. The van der Waals surface area contributed by atoms with E-state index in [0.29, 0.717) is 10.7 Å². The van der Waals surface area contributed by atoms with E-state index >= 15 is 0 Å². The van der Waals surface area contributed by atoms with Crippen molar-refractivity contribution in [2.45, 2.75) is 26.2 Å². The minimum Gasteiger partial charge on any atom is -0.359 e. The Labute approximate surface area is 117 Å². The molecule has 0 atom stereocenters. The Balaban J connectivity index is 2.10. The van der Waals surface area contributed by atoms with Gasteiger partial charge in [0.05, 0.1) is 4.88 Å². The van der Waals surface area contributed by atoms with E-state index in [2.05, 4.69) is 26.4 Å². The number of thiophene rings is 1. The maximum Gasteiger partial charge on any atom is 0.267 e. The lowest BCUT2D eigenvalue weighted by Crippen LogP contribution is -2.11. The summed E-state index contributed by atoms with van der Waals surface area (Å²) >= 11 is 4.68. The van der Waals surface area contributed by atoms with Gasteiger partial charge in [-0.05, 0) is 22.0 Å². The maximum atomic E-state index is 11.9. The van der Waals surface area contributed by atoms with Crippen LogP contribution >= 0.6 is 27.3 Å². The highest BCUT2D eigenvalue weighted by Crippen LogP contribution is 2.25. The van der Waals surface area contributed by atoms with Crippen molar-refractivity contribution in [3.63, 3.8) is 0 Å². The molecule has 96 valence electrons. The minimum atomic E-state index is -0.181. The van der Waals surface area contributed by atoms with Crippen LogP contribution in [-0.4, -0.2) is 11.1 Å². The first-order valence-electron chi connectivity index (χ1n) is 5.39. The van der Waals surface area contributed by atoms with Crippen LogP contribution in [0.15, 0.2) is 26.5 Å². The molecule has 0 unspecified atom stereocenters. The van der Waals surface area contributed by atoms with Crippen molar-refractivity contribution in [3.8, 4) is 0 Å². The number of carbonyl (C=O) groups excluding carboxylic acids is 1. The van der Waals surface area contributed by atoms with Crippen molar-refractivity contribution >= 4 is 39.0 Å². The predicted molar refractivity (Wildman–Crippen MR) is 75.2 cm³/mol. The van der Waals surface area contributed by atoms with Crippen LogP contribution in [0.3, 0.4) is 0 Å². The van der Waals surface area contributed by atoms with Gasteiger partial charge in [-0.15, -0.1) is 11.3 Å². The van der Waals surface area contributed by atoms with E-state index in [1.165, 1.54) is 11.3 Å². The van der Waals surface area contributed by atoms with E-state index in [1.807, 2.05) is 26.2 Å². The molecule has 0 saturated carbocycles. The molecule has 18 heavy (non-hydrogen) atoms. The summed E-state index contributed by atoms with van der Waals surface area (Å²) in [6.45, 7) is 6.07. The van der Waals surface area contributed by atoms with Crippen LogP contribution in [0.4, 0.5) is 5.82 Å². The molecule has 0 saturated heterocycles. The van der Waals surface area contributed by atoms with Gasteiger partial charge < -0.3 is 9.84 Å². The number of amides is 1. The van der Waals surface area contributed by atoms with E-state index in [4.69, 9.17) is 4.52 Å². The van der Waals surface area contributed by atoms with Crippen molar-refractivity contribution in [1.82, 2.24) is 5.16 Å². The van der Waals surface area contributed by atoms with Crippen LogP contribution in [0.2, 0.25) is 0 Å². The highest BCUT2D eigenvalue weighted by molar-refractivity contribution is 9.10. The Hall–Kier alpha value is -1.14. The number of nitrogens with one attached hydrogen (secondary N) is 1.